The Kier molecular flexibility index (Phi) is 5.14. The third kappa shape index (κ3) is 3.94. The molecule has 1 aromatic heterocycles. The number of nitrogens with one attached hydrogen (secondary N) is 1. The van der Waals surface area contributed by atoms with Crippen molar-refractivity contribution >= 4 is 5.95 Å². The van der Waals surface area contributed by atoms with Crippen molar-refractivity contribution in [3.05, 3.63) is 36.0 Å². The Hall–Kier alpha value is -2.10. The van der Waals surface area contributed by atoms with Crippen LogP contribution in [0.15, 0.2) is 30.5 Å². The summed E-state index contributed by atoms with van der Waals surface area (Å²) in [7, 11) is 0. The molecule has 0 aliphatic rings. The lowest BCUT2D eigenvalue weighted by molar-refractivity contribution is 0.243. The number of aromatic nitrogens is 2. The van der Waals surface area contributed by atoms with E-state index < -0.39 is 0 Å². The maximum atomic E-state index is 5.89. The quantitative estimate of drug-likeness (QED) is 0.869. The van der Waals surface area contributed by atoms with Crippen molar-refractivity contribution in [2.24, 2.45) is 0 Å². The van der Waals surface area contributed by atoms with E-state index >= 15 is 0 Å². The largest absolute Gasteiger partial charge is 0.490 e. The van der Waals surface area contributed by atoms with Crippen LogP contribution >= 0.6 is 0 Å². The van der Waals surface area contributed by atoms with Crippen LogP contribution in [-0.4, -0.2) is 22.6 Å². The predicted molar refractivity (Wildman–Crippen MR) is 86.7 cm³/mol. The maximum absolute atomic E-state index is 5.89. The van der Waals surface area contributed by atoms with Crippen molar-refractivity contribution in [2.75, 3.05) is 11.9 Å². The van der Waals surface area contributed by atoms with Gasteiger partial charge in [-0.1, -0.05) is 19.1 Å². The van der Waals surface area contributed by atoms with Gasteiger partial charge < -0.3 is 10.1 Å². The van der Waals surface area contributed by atoms with Crippen molar-refractivity contribution in [1.29, 1.82) is 0 Å². The second-order valence-corrected chi connectivity index (χ2v) is 5.31. The highest BCUT2D eigenvalue weighted by Crippen LogP contribution is 2.31. The molecule has 21 heavy (non-hydrogen) atoms. The number of nitrogens with zero attached hydrogens (tertiary/aromatic N) is 2. The number of aryl methyl sites for hydroxylation is 1. The third-order valence-corrected chi connectivity index (χ3v) is 3.01. The Morgan fingerprint density at radius 2 is 2.00 bits per heavy atom. The molecule has 0 saturated heterocycles. The molecule has 0 saturated carbocycles. The van der Waals surface area contributed by atoms with Gasteiger partial charge in [0.05, 0.1) is 11.8 Å². The van der Waals surface area contributed by atoms with Gasteiger partial charge in [0.15, 0.2) is 0 Å². The van der Waals surface area contributed by atoms with Crippen LogP contribution in [0.25, 0.3) is 11.3 Å². The summed E-state index contributed by atoms with van der Waals surface area (Å²) in [5.41, 5.74) is 2.96. The van der Waals surface area contributed by atoms with Gasteiger partial charge in [0.1, 0.15) is 5.75 Å². The van der Waals surface area contributed by atoms with Crippen LogP contribution in [0.2, 0.25) is 0 Å². The van der Waals surface area contributed by atoms with Crippen LogP contribution in [0.1, 0.15) is 32.8 Å². The van der Waals surface area contributed by atoms with Crippen LogP contribution < -0.4 is 10.1 Å². The molecule has 2 aromatic rings. The summed E-state index contributed by atoms with van der Waals surface area (Å²) >= 11 is 0. The zero-order valence-corrected chi connectivity index (χ0v) is 13.2. The lowest BCUT2D eigenvalue weighted by atomic mass is 10.1. The second-order valence-electron chi connectivity index (χ2n) is 5.31. The Balaban J connectivity index is 2.41. The molecule has 0 atom stereocenters. The van der Waals surface area contributed by atoms with Gasteiger partial charge >= 0.3 is 0 Å². The molecular formula is C17H23N3O. The van der Waals surface area contributed by atoms with Gasteiger partial charge in [-0.05, 0) is 44.9 Å². The minimum absolute atomic E-state index is 0.131. The topological polar surface area (TPSA) is 47.0 Å². The molecule has 0 fully saturated rings. The minimum Gasteiger partial charge on any atom is -0.490 e. The molecular weight excluding hydrogens is 262 g/mol. The molecule has 0 bridgehead atoms. The fourth-order valence-electron chi connectivity index (χ4n) is 2.06. The zero-order chi connectivity index (χ0) is 15.2. The number of anilines is 1. The number of ether oxygens (including phenoxy) is 1. The molecule has 0 amide bonds. The molecule has 1 aromatic carbocycles. The lowest BCUT2D eigenvalue weighted by Crippen LogP contribution is -2.08. The molecule has 1 heterocycles. The number of hydrogen-bond donors (Lipinski definition) is 1. The van der Waals surface area contributed by atoms with E-state index in [1.165, 1.54) is 0 Å². The van der Waals surface area contributed by atoms with Crippen molar-refractivity contribution in [3.63, 3.8) is 0 Å². The molecule has 2 rings (SSSR count). The molecule has 4 nitrogen and oxygen atoms in total. The first-order valence-corrected chi connectivity index (χ1v) is 7.45. The van der Waals surface area contributed by atoms with Gasteiger partial charge in [-0.3, -0.25) is 0 Å². The molecule has 0 aliphatic carbocycles. The molecule has 0 aliphatic heterocycles. The van der Waals surface area contributed by atoms with Gasteiger partial charge in [0.2, 0.25) is 5.95 Å². The lowest BCUT2D eigenvalue weighted by Gasteiger charge is -2.15. The van der Waals surface area contributed by atoms with E-state index in [1.54, 1.807) is 0 Å². The van der Waals surface area contributed by atoms with Crippen LogP contribution in [0.5, 0.6) is 5.75 Å². The Morgan fingerprint density at radius 1 is 1.24 bits per heavy atom. The first kappa shape index (κ1) is 15.3. The van der Waals surface area contributed by atoms with Crippen molar-refractivity contribution in [3.8, 4) is 17.0 Å². The molecule has 0 unspecified atom stereocenters. The predicted octanol–water partition coefficient (Wildman–Crippen LogP) is 4.06. The monoisotopic (exact) mass is 285 g/mol. The van der Waals surface area contributed by atoms with Gasteiger partial charge in [0, 0.05) is 18.3 Å². The highest BCUT2D eigenvalue weighted by Gasteiger charge is 2.12. The van der Waals surface area contributed by atoms with Crippen LogP contribution in [0.4, 0.5) is 5.95 Å². The summed E-state index contributed by atoms with van der Waals surface area (Å²) in [6.07, 6.45) is 3.03. The summed E-state index contributed by atoms with van der Waals surface area (Å²) in [5.74, 6) is 1.52. The van der Waals surface area contributed by atoms with Gasteiger partial charge in [0.25, 0.3) is 0 Å². The molecule has 0 spiro atoms. The first-order valence-electron chi connectivity index (χ1n) is 7.45. The maximum Gasteiger partial charge on any atom is 0.223 e. The number of rotatable bonds is 6. The fourth-order valence-corrected chi connectivity index (χ4v) is 2.06. The Bertz CT molecular complexity index is 596. The van der Waals surface area contributed by atoms with E-state index in [9.17, 15) is 0 Å². The standard InChI is InChI=1S/C17H23N3O/c1-5-10-18-17-19-11-13(4)16(20-17)14-8-6-7-9-15(14)21-12(2)3/h6-9,11-12H,5,10H2,1-4H3,(H,18,19,20). The van der Waals surface area contributed by atoms with Crippen LogP contribution in [-0.2, 0) is 0 Å². The summed E-state index contributed by atoms with van der Waals surface area (Å²) in [6, 6.07) is 8.00. The molecule has 0 radical (unpaired) electrons. The van der Waals surface area contributed by atoms with Crippen molar-refractivity contribution in [1.82, 2.24) is 9.97 Å². The average molecular weight is 285 g/mol. The minimum atomic E-state index is 0.131. The van der Waals surface area contributed by atoms with Gasteiger partial charge in [-0.25, -0.2) is 9.97 Å². The Morgan fingerprint density at radius 3 is 2.71 bits per heavy atom. The summed E-state index contributed by atoms with van der Waals surface area (Å²) in [5, 5.41) is 3.23. The van der Waals surface area contributed by atoms with E-state index in [1.807, 2.05) is 51.2 Å². The fraction of sp³-hybridized carbons (Fsp3) is 0.412. The number of hydrogen-bond acceptors (Lipinski definition) is 4. The summed E-state index contributed by atoms with van der Waals surface area (Å²) in [4.78, 5) is 8.98. The SMILES string of the molecule is CCCNc1ncc(C)c(-c2ccccc2OC(C)C)n1. The van der Waals surface area contributed by atoms with E-state index in [4.69, 9.17) is 4.74 Å². The van der Waals surface area contributed by atoms with E-state index in [0.29, 0.717) is 5.95 Å². The Labute approximate surface area is 126 Å². The average Bonchev–Trinajstić information content (AvgIpc) is 2.47. The van der Waals surface area contributed by atoms with Crippen LogP contribution in [0, 0.1) is 6.92 Å². The van der Waals surface area contributed by atoms with Gasteiger partial charge in [-0.15, -0.1) is 0 Å². The number of benzene rings is 1. The normalized spacial score (nSPS) is 10.7. The third-order valence-electron chi connectivity index (χ3n) is 3.01. The molecule has 4 heteroatoms. The van der Waals surface area contributed by atoms with Crippen molar-refractivity contribution < 1.29 is 4.74 Å². The zero-order valence-electron chi connectivity index (χ0n) is 13.2. The second kappa shape index (κ2) is 7.07. The molecule has 112 valence electrons. The van der Waals surface area contributed by atoms with E-state index in [0.717, 1.165) is 35.5 Å². The highest BCUT2D eigenvalue weighted by molar-refractivity contribution is 5.70. The number of para-hydroxylation sites is 1. The van der Waals surface area contributed by atoms with Gasteiger partial charge in [-0.2, -0.15) is 0 Å². The van der Waals surface area contributed by atoms with Crippen LogP contribution in [0.3, 0.4) is 0 Å². The van der Waals surface area contributed by atoms with Crippen molar-refractivity contribution in [2.45, 2.75) is 40.2 Å². The molecule has 1 N–H and O–H groups in total. The summed E-state index contributed by atoms with van der Waals surface area (Å²) in [6.45, 7) is 9.06. The first-order chi connectivity index (χ1) is 10.1. The highest BCUT2D eigenvalue weighted by atomic mass is 16.5. The van der Waals surface area contributed by atoms with E-state index in [-0.39, 0.29) is 6.10 Å². The smallest absolute Gasteiger partial charge is 0.223 e. The summed E-state index contributed by atoms with van der Waals surface area (Å²) < 4.78 is 5.89. The van der Waals surface area contributed by atoms with E-state index in [2.05, 4.69) is 22.2 Å².